The van der Waals surface area contributed by atoms with Crippen molar-refractivity contribution in [3.63, 3.8) is 0 Å². The molecule has 2 aromatic heterocycles. The summed E-state index contributed by atoms with van der Waals surface area (Å²) in [5, 5.41) is 9.37. The fourth-order valence-corrected chi connectivity index (χ4v) is 3.34. The molecule has 0 spiro atoms. The number of alkyl halides is 1. The minimum absolute atomic E-state index is 0.224. The van der Waals surface area contributed by atoms with E-state index < -0.39 is 38.4 Å². The predicted molar refractivity (Wildman–Crippen MR) is 88.4 cm³/mol. The average molecular weight is 389 g/mol. The topological polar surface area (TPSA) is 109 Å². The number of rotatable bonds is 7. The number of fused-ring (bicyclic) bond motifs is 1. The van der Waals surface area contributed by atoms with Crippen LogP contribution in [0.15, 0.2) is 25.3 Å². The lowest BCUT2D eigenvalue weighted by molar-refractivity contribution is -0.0427. The van der Waals surface area contributed by atoms with Crippen LogP contribution >= 0.6 is 19.5 Å². The molecule has 0 saturated carbocycles. The summed E-state index contributed by atoms with van der Waals surface area (Å²) >= 11 is 3.62. The molecule has 12 heteroatoms. The normalized spacial score (nSPS) is 26.8. The summed E-state index contributed by atoms with van der Waals surface area (Å²) in [7, 11) is -2.36. The zero-order valence-corrected chi connectivity index (χ0v) is 14.6. The number of aliphatic hydroxyl groups is 1. The van der Waals surface area contributed by atoms with E-state index >= 15 is 0 Å². The number of aromatic nitrogens is 4. The second-order valence-electron chi connectivity index (χ2n) is 5.10. The molecule has 9 nitrogen and oxygen atoms in total. The Kier molecular flexibility index (Phi) is 5.60. The van der Waals surface area contributed by atoms with Crippen LogP contribution in [0.4, 0.5) is 4.39 Å². The minimum Gasteiger partial charge on any atom is -0.472 e. The molecule has 1 aliphatic heterocycles. The Bertz CT molecular complexity index is 793. The molecule has 1 fully saturated rings. The molecule has 1 saturated heterocycles. The second kappa shape index (κ2) is 7.71. The summed E-state index contributed by atoms with van der Waals surface area (Å²) < 4.78 is 43.2. The van der Waals surface area contributed by atoms with Crippen LogP contribution < -0.4 is 4.74 Å². The number of halogens is 1. The van der Waals surface area contributed by atoms with E-state index in [1.807, 2.05) is 0 Å². The van der Waals surface area contributed by atoms with Crippen molar-refractivity contribution in [2.75, 3.05) is 13.2 Å². The van der Waals surface area contributed by atoms with E-state index in [4.69, 9.17) is 14.0 Å². The van der Waals surface area contributed by atoms with Crippen molar-refractivity contribution in [2.24, 2.45) is 0 Å². The molecule has 1 aliphatic rings. The highest BCUT2D eigenvalue weighted by Gasteiger charge is 2.51. The summed E-state index contributed by atoms with van der Waals surface area (Å²) in [6.07, 6.45) is -0.979. The first-order valence-corrected chi connectivity index (χ1v) is 9.54. The third kappa shape index (κ3) is 3.51. The third-order valence-corrected chi connectivity index (χ3v) is 4.30. The Morgan fingerprint density at radius 3 is 3.00 bits per heavy atom. The molecule has 1 N–H and O–H groups in total. The molecule has 0 aliphatic carbocycles. The van der Waals surface area contributed by atoms with E-state index in [0.29, 0.717) is 5.52 Å². The Morgan fingerprint density at radius 1 is 1.52 bits per heavy atom. The van der Waals surface area contributed by atoms with Gasteiger partial charge in [0.05, 0.1) is 12.9 Å². The molecule has 0 radical (unpaired) electrons. The zero-order valence-electron chi connectivity index (χ0n) is 12.8. The van der Waals surface area contributed by atoms with Crippen LogP contribution in [-0.4, -0.2) is 56.2 Å². The van der Waals surface area contributed by atoms with Crippen molar-refractivity contribution < 1.29 is 28.1 Å². The SMILES string of the molecule is C=CCOc1ncnc2c1ncn2[C@@H]1OC(CO)[C@@H](O[P+](=O)S)[C@H]1F. The lowest BCUT2D eigenvalue weighted by Crippen LogP contribution is -2.31. The van der Waals surface area contributed by atoms with Crippen LogP contribution in [0.2, 0.25) is 0 Å². The van der Waals surface area contributed by atoms with Gasteiger partial charge >= 0.3 is 7.23 Å². The molecule has 2 unspecified atom stereocenters. The summed E-state index contributed by atoms with van der Waals surface area (Å²) in [4.78, 5) is 12.2. The number of aliphatic hydroxyl groups excluding tert-OH is 1. The number of thiol groups is 1. The van der Waals surface area contributed by atoms with E-state index in [9.17, 15) is 14.1 Å². The van der Waals surface area contributed by atoms with Gasteiger partial charge in [-0.2, -0.15) is 4.98 Å². The zero-order chi connectivity index (χ0) is 18.0. The average Bonchev–Trinajstić information content (AvgIpc) is 3.15. The van der Waals surface area contributed by atoms with Crippen LogP contribution in [0.5, 0.6) is 5.88 Å². The monoisotopic (exact) mass is 389 g/mol. The predicted octanol–water partition coefficient (Wildman–Crippen LogP) is 1.59. The van der Waals surface area contributed by atoms with Crippen LogP contribution in [0, 0.1) is 0 Å². The molecule has 3 rings (SSSR count). The van der Waals surface area contributed by atoms with Crippen LogP contribution in [0.3, 0.4) is 0 Å². The van der Waals surface area contributed by atoms with Crippen molar-refractivity contribution in [3.05, 3.63) is 25.3 Å². The number of hydrogen-bond acceptors (Lipinski definition) is 8. The molecular formula is C13H15FN4O5PS+. The highest BCUT2D eigenvalue weighted by atomic mass is 32.7. The first kappa shape index (κ1) is 18.2. The largest absolute Gasteiger partial charge is 0.582 e. The van der Waals surface area contributed by atoms with Crippen molar-refractivity contribution in [2.45, 2.75) is 24.6 Å². The molecular weight excluding hydrogens is 374 g/mol. The smallest absolute Gasteiger partial charge is 0.472 e. The summed E-state index contributed by atoms with van der Waals surface area (Å²) in [5.41, 5.74) is 0.611. The van der Waals surface area contributed by atoms with Crippen molar-refractivity contribution in [1.29, 1.82) is 0 Å². The van der Waals surface area contributed by atoms with Gasteiger partial charge in [0.1, 0.15) is 31.3 Å². The Labute approximate surface area is 147 Å². The van der Waals surface area contributed by atoms with Crippen LogP contribution in [0.25, 0.3) is 11.2 Å². The van der Waals surface area contributed by atoms with Gasteiger partial charge in [0, 0.05) is 0 Å². The van der Waals surface area contributed by atoms with E-state index in [1.165, 1.54) is 17.2 Å². The van der Waals surface area contributed by atoms with Crippen molar-refractivity contribution in [1.82, 2.24) is 19.5 Å². The molecule has 134 valence electrons. The summed E-state index contributed by atoms with van der Waals surface area (Å²) in [6, 6.07) is 0. The number of nitrogens with zero attached hydrogens (tertiary/aromatic N) is 4. The Morgan fingerprint density at radius 2 is 2.32 bits per heavy atom. The van der Waals surface area contributed by atoms with E-state index in [1.54, 1.807) is 6.08 Å². The standard InChI is InChI=1S/C13H14FN4O5PS/c1-2-3-21-12-9-11(15-5-16-12)18(6-17-9)13-8(14)10(23-24(20)25)7(4-19)22-13/h2,5-8,10,13,19H,1,3-4H2/p+1/t7?,8-,10-,13-/m1/s1. The van der Waals surface area contributed by atoms with Gasteiger partial charge in [0.2, 0.25) is 5.88 Å². The van der Waals surface area contributed by atoms with Gasteiger partial charge in [-0.15, -0.1) is 4.52 Å². The van der Waals surface area contributed by atoms with Gasteiger partial charge < -0.3 is 14.6 Å². The maximum absolute atomic E-state index is 14.8. The fraction of sp³-hybridized carbons (Fsp3) is 0.462. The molecule has 0 amide bonds. The number of ether oxygens (including phenoxy) is 2. The van der Waals surface area contributed by atoms with Gasteiger partial charge in [-0.1, -0.05) is 12.7 Å². The van der Waals surface area contributed by atoms with Gasteiger partial charge in [0.15, 0.2) is 29.7 Å². The Hall–Kier alpha value is -1.65. The first-order chi connectivity index (χ1) is 12.1. The Balaban J connectivity index is 1.94. The second-order valence-corrected chi connectivity index (χ2v) is 6.77. The van der Waals surface area contributed by atoms with Crippen molar-refractivity contribution in [3.8, 4) is 5.88 Å². The quantitative estimate of drug-likeness (QED) is 0.418. The fourth-order valence-electron chi connectivity index (χ4n) is 2.56. The molecule has 0 aromatic carbocycles. The van der Waals surface area contributed by atoms with Gasteiger partial charge in [-0.05, 0) is 4.57 Å². The molecule has 5 atom stereocenters. The van der Waals surface area contributed by atoms with E-state index in [0.717, 1.165) is 0 Å². The van der Waals surface area contributed by atoms with Crippen LogP contribution in [-0.2, 0) is 13.8 Å². The minimum atomic E-state index is -2.36. The highest BCUT2D eigenvalue weighted by molar-refractivity contribution is 8.39. The molecule has 25 heavy (non-hydrogen) atoms. The highest BCUT2D eigenvalue weighted by Crippen LogP contribution is 2.41. The third-order valence-electron chi connectivity index (χ3n) is 3.60. The van der Waals surface area contributed by atoms with Gasteiger partial charge in [0.25, 0.3) is 0 Å². The first-order valence-electron chi connectivity index (χ1n) is 7.21. The lowest BCUT2D eigenvalue weighted by atomic mass is 10.1. The lowest BCUT2D eigenvalue weighted by Gasteiger charge is -2.14. The molecule has 2 aromatic rings. The maximum atomic E-state index is 14.8. The summed E-state index contributed by atoms with van der Waals surface area (Å²) in [6.45, 7) is 3.27. The van der Waals surface area contributed by atoms with E-state index in [-0.39, 0.29) is 18.1 Å². The summed E-state index contributed by atoms with van der Waals surface area (Å²) in [5.74, 6) is 0.224. The van der Waals surface area contributed by atoms with Gasteiger partial charge in [-0.25, -0.2) is 14.4 Å². The number of hydrogen-bond donors (Lipinski definition) is 2. The van der Waals surface area contributed by atoms with Gasteiger partial charge in [-0.3, -0.25) is 4.57 Å². The molecule has 3 heterocycles. The van der Waals surface area contributed by atoms with Crippen LogP contribution in [0.1, 0.15) is 6.23 Å². The molecule has 0 bridgehead atoms. The maximum Gasteiger partial charge on any atom is 0.582 e. The number of imidazole rings is 1. The van der Waals surface area contributed by atoms with Crippen molar-refractivity contribution >= 4 is 30.6 Å². The van der Waals surface area contributed by atoms with E-state index in [2.05, 4.69) is 33.8 Å².